The van der Waals surface area contributed by atoms with Crippen LogP contribution in [-0.4, -0.2) is 21.3 Å². The predicted octanol–water partition coefficient (Wildman–Crippen LogP) is 3.28. The SMILES string of the molecule is COc1c(C)cc(C)cc1/C=C/CCS(=O)(=O)Cl. The molecule has 1 aromatic carbocycles. The van der Waals surface area contributed by atoms with Gasteiger partial charge in [-0.15, -0.1) is 0 Å². The molecule has 3 nitrogen and oxygen atoms in total. The van der Waals surface area contributed by atoms with Gasteiger partial charge < -0.3 is 4.74 Å². The first-order chi connectivity index (χ1) is 8.33. The quantitative estimate of drug-likeness (QED) is 0.781. The van der Waals surface area contributed by atoms with Crippen molar-refractivity contribution in [3.63, 3.8) is 0 Å². The van der Waals surface area contributed by atoms with Gasteiger partial charge >= 0.3 is 0 Å². The van der Waals surface area contributed by atoms with E-state index in [1.54, 1.807) is 13.2 Å². The van der Waals surface area contributed by atoms with E-state index in [2.05, 4.69) is 0 Å². The Bertz CT molecular complexity index is 548. The summed E-state index contributed by atoms with van der Waals surface area (Å²) < 4.78 is 26.9. The van der Waals surface area contributed by atoms with Gasteiger partial charge in [0.1, 0.15) is 5.75 Å². The number of rotatable bonds is 5. The van der Waals surface area contributed by atoms with Crippen molar-refractivity contribution in [2.24, 2.45) is 0 Å². The smallest absolute Gasteiger partial charge is 0.232 e. The van der Waals surface area contributed by atoms with Crippen molar-refractivity contribution >= 4 is 25.8 Å². The number of hydrogen-bond donors (Lipinski definition) is 0. The fourth-order valence-corrected chi connectivity index (χ4v) is 2.49. The molecule has 0 fully saturated rings. The second kappa shape index (κ2) is 6.25. The van der Waals surface area contributed by atoms with Crippen LogP contribution >= 0.6 is 10.7 Å². The molecule has 0 heterocycles. The Morgan fingerprint density at radius 3 is 2.56 bits per heavy atom. The van der Waals surface area contributed by atoms with Gasteiger partial charge in [-0.25, -0.2) is 8.42 Å². The standard InChI is InChI=1S/C13H17ClO3S/c1-10-8-11(2)13(17-3)12(9-10)6-4-5-7-18(14,15)16/h4,6,8-9H,5,7H2,1-3H3/b6-4+. The van der Waals surface area contributed by atoms with Crippen LogP contribution in [0.3, 0.4) is 0 Å². The highest BCUT2D eigenvalue weighted by atomic mass is 35.7. The summed E-state index contributed by atoms with van der Waals surface area (Å²) in [5.41, 5.74) is 3.14. The Kier molecular flexibility index (Phi) is 5.23. The van der Waals surface area contributed by atoms with Crippen molar-refractivity contribution in [2.75, 3.05) is 12.9 Å². The summed E-state index contributed by atoms with van der Waals surface area (Å²) in [4.78, 5) is 0. The van der Waals surface area contributed by atoms with E-state index in [4.69, 9.17) is 15.4 Å². The zero-order valence-corrected chi connectivity index (χ0v) is 12.3. The number of aryl methyl sites for hydroxylation is 2. The van der Waals surface area contributed by atoms with Gasteiger partial charge in [0.25, 0.3) is 0 Å². The van der Waals surface area contributed by atoms with Crippen LogP contribution < -0.4 is 4.74 Å². The lowest BCUT2D eigenvalue weighted by Crippen LogP contribution is -1.95. The molecule has 0 aliphatic carbocycles. The van der Waals surface area contributed by atoms with E-state index in [9.17, 15) is 8.42 Å². The lowest BCUT2D eigenvalue weighted by atomic mass is 10.0. The first kappa shape index (κ1) is 15.1. The van der Waals surface area contributed by atoms with Crippen molar-refractivity contribution in [3.05, 3.63) is 34.9 Å². The maximum Gasteiger partial charge on any atom is 0.232 e. The van der Waals surface area contributed by atoms with Crippen LogP contribution in [0.25, 0.3) is 6.08 Å². The minimum absolute atomic E-state index is 0.0574. The molecule has 0 atom stereocenters. The summed E-state index contributed by atoms with van der Waals surface area (Å²) >= 11 is 0. The van der Waals surface area contributed by atoms with Gasteiger partial charge in [0.05, 0.1) is 12.9 Å². The summed E-state index contributed by atoms with van der Waals surface area (Å²) in [7, 11) is 3.34. The Morgan fingerprint density at radius 2 is 2.00 bits per heavy atom. The molecule has 1 rings (SSSR count). The summed E-state index contributed by atoms with van der Waals surface area (Å²) in [6, 6.07) is 4.04. The van der Waals surface area contributed by atoms with Gasteiger partial charge in [-0.05, 0) is 31.9 Å². The van der Waals surface area contributed by atoms with Gasteiger partial charge in [-0.3, -0.25) is 0 Å². The molecule has 0 unspecified atom stereocenters. The second-order valence-electron chi connectivity index (χ2n) is 4.14. The highest BCUT2D eigenvalue weighted by molar-refractivity contribution is 8.13. The molecule has 0 aliphatic heterocycles. The van der Waals surface area contributed by atoms with E-state index in [1.807, 2.05) is 32.1 Å². The molecule has 0 bridgehead atoms. The Morgan fingerprint density at radius 1 is 1.33 bits per heavy atom. The molecular weight excluding hydrogens is 272 g/mol. The Labute approximate surface area is 113 Å². The van der Waals surface area contributed by atoms with Gasteiger partial charge in [-0.2, -0.15) is 0 Å². The Hall–Kier alpha value is -1.00. The van der Waals surface area contributed by atoms with Crippen LogP contribution in [0.5, 0.6) is 5.75 Å². The van der Waals surface area contributed by atoms with Crippen molar-refractivity contribution in [3.8, 4) is 5.75 Å². The molecule has 0 spiro atoms. The third kappa shape index (κ3) is 4.70. The van der Waals surface area contributed by atoms with E-state index in [1.165, 1.54) is 0 Å². The number of hydrogen-bond acceptors (Lipinski definition) is 3. The molecule has 0 saturated carbocycles. The third-order valence-electron chi connectivity index (χ3n) is 2.48. The summed E-state index contributed by atoms with van der Waals surface area (Å²) in [5.74, 6) is 0.753. The second-order valence-corrected chi connectivity index (χ2v) is 7.03. The number of halogens is 1. The largest absolute Gasteiger partial charge is 0.496 e. The molecule has 0 N–H and O–H groups in total. The predicted molar refractivity (Wildman–Crippen MR) is 75.8 cm³/mol. The van der Waals surface area contributed by atoms with Gasteiger partial charge in [0.15, 0.2) is 0 Å². The minimum atomic E-state index is -3.42. The van der Waals surface area contributed by atoms with Gasteiger partial charge in [0.2, 0.25) is 9.05 Å². The molecule has 1 aromatic rings. The first-order valence-electron chi connectivity index (χ1n) is 5.57. The van der Waals surface area contributed by atoms with Crippen LogP contribution in [0.1, 0.15) is 23.1 Å². The molecule has 0 aromatic heterocycles. The van der Waals surface area contributed by atoms with Crippen LogP contribution in [0.4, 0.5) is 0 Å². The third-order valence-corrected chi connectivity index (χ3v) is 3.66. The minimum Gasteiger partial charge on any atom is -0.496 e. The molecule has 0 saturated heterocycles. The number of ether oxygens (including phenoxy) is 1. The normalized spacial score (nSPS) is 12.0. The zero-order valence-electron chi connectivity index (χ0n) is 10.7. The lowest BCUT2D eigenvalue weighted by molar-refractivity contribution is 0.410. The fraction of sp³-hybridized carbons (Fsp3) is 0.385. The van der Waals surface area contributed by atoms with Crippen LogP contribution in [0.2, 0.25) is 0 Å². The summed E-state index contributed by atoms with van der Waals surface area (Å²) in [6.07, 6.45) is 4.04. The van der Waals surface area contributed by atoms with Gasteiger partial charge in [0, 0.05) is 16.2 Å². The monoisotopic (exact) mass is 288 g/mol. The molecule has 5 heteroatoms. The van der Waals surface area contributed by atoms with E-state index >= 15 is 0 Å². The van der Waals surface area contributed by atoms with Crippen molar-refractivity contribution in [1.82, 2.24) is 0 Å². The molecule has 0 radical (unpaired) electrons. The average Bonchev–Trinajstić information content (AvgIpc) is 2.22. The Balaban J connectivity index is 2.87. The summed E-state index contributed by atoms with van der Waals surface area (Å²) in [6.45, 7) is 3.99. The molecule has 0 aliphatic rings. The van der Waals surface area contributed by atoms with Gasteiger partial charge in [-0.1, -0.05) is 23.8 Å². The highest BCUT2D eigenvalue weighted by Gasteiger charge is 2.05. The fourth-order valence-electron chi connectivity index (χ4n) is 1.81. The molecule has 100 valence electrons. The average molecular weight is 289 g/mol. The molecular formula is C13H17ClO3S. The first-order valence-corrected chi connectivity index (χ1v) is 8.05. The van der Waals surface area contributed by atoms with E-state index in [-0.39, 0.29) is 5.75 Å². The van der Waals surface area contributed by atoms with Crippen LogP contribution in [0.15, 0.2) is 18.2 Å². The maximum absolute atomic E-state index is 10.8. The van der Waals surface area contributed by atoms with Crippen molar-refractivity contribution in [1.29, 1.82) is 0 Å². The van der Waals surface area contributed by atoms with E-state index in [0.29, 0.717) is 6.42 Å². The van der Waals surface area contributed by atoms with Crippen molar-refractivity contribution in [2.45, 2.75) is 20.3 Å². The zero-order chi connectivity index (χ0) is 13.8. The van der Waals surface area contributed by atoms with E-state index < -0.39 is 9.05 Å². The highest BCUT2D eigenvalue weighted by Crippen LogP contribution is 2.26. The lowest BCUT2D eigenvalue weighted by Gasteiger charge is -2.09. The van der Waals surface area contributed by atoms with Crippen molar-refractivity contribution < 1.29 is 13.2 Å². The number of allylic oxidation sites excluding steroid dienone is 1. The van der Waals surface area contributed by atoms with Crippen LogP contribution in [0, 0.1) is 13.8 Å². The maximum atomic E-state index is 10.8. The molecule has 0 amide bonds. The number of methoxy groups -OCH3 is 1. The number of benzene rings is 1. The van der Waals surface area contributed by atoms with E-state index in [0.717, 1.165) is 22.4 Å². The topological polar surface area (TPSA) is 43.4 Å². The molecule has 18 heavy (non-hydrogen) atoms. The van der Waals surface area contributed by atoms with Crippen LogP contribution in [-0.2, 0) is 9.05 Å². The summed E-state index contributed by atoms with van der Waals surface area (Å²) in [5, 5.41) is 0.